The van der Waals surface area contributed by atoms with Crippen LogP contribution in [0.15, 0.2) is 65.7 Å². The molecule has 0 unspecified atom stereocenters. The molecule has 0 amide bonds. The van der Waals surface area contributed by atoms with Crippen LogP contribution in [0.2, 0.25) is 0 Å². The van der Waals surface area contributed by atoms with Crippen LogP contribution in [0.4, 0.5) is 0 Å². The first kappa shape index (κ1) is 13.5. The first-order chi connectivity index (χ1) is 11.3. The summed E-state index contributed by atoms with van der Waals surface area (Å²) in [5.41, 5.74) is 3.06. The van der Waals surface area contributed by atoms with Crippen molar-refractivity contribution in [2.75, 3.05) is 0 Å². The minimum atomic E-state index is -0.335. The van der Waals surface area contributed by atoms with E-state index in [2.05, 4.69) is 19.9 Å². The third kappa shape index (κ3) is 2.53. The summed E-state index contributed by atoms with van der Waals surface area (Å²) in [6.07, 6.45) is 3.96. The first-order valence-corrected chi connectivity index (χ1v) is 7.26. The lowest BCUT2D eigenvalue weighted by Gasteiger charge is -2.02. The van der Waals surface area contributed by atoms with E-state index in [1.54, 1.807) is 24.5 Å². The molecule has 0 aliphatic rings. The van der Waals surface area contributed by atoms with Crippen molar-refractivity contribution >= 4 is 22.2 Å². The molecule has 0 atom stereocenters. The Balaban J connectivity index is 2.00. The zero-order valence-corrected chi connectivity index (χ0v) is 12.2. The Morgan fingerprint density at radius 3 is 2.48 bits per heavy atom. The number of hydrogen-bond donors (Lipinski definition) is 0. The zero-order valence-electron chi connectivity index (χ0n) is 12.2. The van der Waals surface area contributed by atoms with Crippen molar-refractivity contribution in [2.45, 2.75) is 6.42 Å². The van der Waals surface area contributed by atoms with Crippen LogP contribution in [-0.4, -0.2) is 19.9 Å². The number of hydrogen-bond acceptors (Lipinski definition) is 5. The molecule has 4 aromatic rings. The normalized spacial score (nSPS) is 11.0. The minimum Gasteiger partial charge on any atom is -0.267 e. The van der Waals surface area contributed by atoms with Gasteiger partial charge in [-0.2, -0.15) is 0 Å². The maximum atomic E-state index is 12.4. The average Bonchev–Trinajstić information content (AvgIpc) is 2.73. The summed E-state index contributed by atoms with van der Waals surface area (Å²) in [7, 11) is 0. The number of benzene rings is 1. The highest BCUT2D eigenvalue weighted by Crippen LogP contribution is 2.16. The summed E-state index contributed by atoms with van der Waals surface area (Å²) < 4.78 is 0. The Morgan fingerprint density at radius 2 is 1.61 bits per heavy atom. The Kier molecular flexibility index (Phi) is 3.24. The van der Waals surface area contributed by atoms with E-state index < -0.39 is 0 Å². The van der Waals surface area contributed by atoms with Gasteiger partial charge in [0, 0.05) is 12.4 Å². The predicted octanol–water partition coefficient (Wildman–Crippen LogP) is 2.52. The van der Waals surface area contributed by atoms with Crippen molar-refractivity contribution < 1.29 is 0 Å². The Labute approximate surface area is 131 Å². The van der Waals surface area contributed by atoms with Crippen molar-refractivity contribution in [3.8, 4) is 0 Å². The van der Waals surface area contributed by atoms with Gasteiger partial charge in [-0.1, -0.05) is 30.3 Å². The summed E-state index contributed by atoms with van der Waals surface area (Å²) in [5.74, 6) is 0. The maximum absolute atomic E-state index is 12.4. The quantitative estimate of drug-likeness (QED) is 0.569. The van der Waals surface area contributed by atoms with Crippen LogP contribution in [0.1, 0.15) is 11.1 Å². The Bertz CT molecular complexity index is 1060. The molecule has 0 saturated heterocycles. The zero-order chi connectivity index (χ0) is 15.6. The van der Waals surface area contributed by atoms with E-state index in [-0.39, 0.29) is 5.56 Å². The first-order valence-electron chi connectivity index (χ1n) is 7.26. The predicted molar refractivity (Wildman–Crippen MR) is 88.2 cm³/mol. The van der Waals surface area contributed by atoms with Crippen LogP contribution >= 0.6 is 0 Å². The van der Waals surface area contributed by atoms with Crippen LogP contribution in [-0.2, 0) is 6.42 Å². The molecule has 0 spiro atoms. The van der Waals surface area contributed by atoms with E-state index in [1.165, 1.54) is 0 Å². The van der Waals surface area contributed by atoms with Gasteiger partial charge in [0.2, 0.25) is 0 Å². The van der Waals surface area contributed by atoms with Crippen LogP contribution in [0.25, 0.3) is 22.2 Å². The van der Waals surface area contributed by atoms with E-state index in [1.807, 2.05) is 36.4 Å². The smallest absolute Gasteiger partial charge is 0.267 e. The van der Waals surface area contributed by atoms with Gasteiger partial charge in [0.15, 0.2) is 11.3 Å². The van der Waals surface area contributed by atoms with Gasteiger partial charge in [0.1, 0.15) is 5.52 Å². The lowest BCUT2D eigenvalue weighted by atomic mass is 10.1. The highest BCUT2D eigenvalue weighted by molar-refractivity contribution is 5.81. The lowest BCUT2D eigenvalue weighted by Crippen LogP contribution is -2.03. The van der Waals surface area contributed by atoms with Crippen LogP contribution < -0.4 is 5.56 Å². The van der Waals surface area contributed by atoms with E-state index in [9.17, 15) is 4.79 Å². The fourth-order valence-electron chi connectivity index (χ4n) is 2.56. The summed E-state index contributed by atoms with van der Waals surface area (Å²) in [4.78, 5) is 29.5. The molecule has 0 N–H and O–H groups in total. The van der Waals surface area contributed by atoms with Crippen LogP contribution in [0.3, 0.4) is 0 Å². The van der Waals surface area contributed by atoms with E-state index >= 15 is 0 Å². The molecule has 3 heterocycles. The lowest BCUT2D eigenvalue weighted by molar-refractivity contribution is 1.16. The van der Waals surface area contributed by atoms with Crippen LogP contribution in [0, 0.1) is 0 Å². The molecule has 110 valence electrons. The summed E-state index contributed by atoms with van der Waals surface area (Å²) >= 11 is 0. The second kappa shape index (κ2) is 5.53. The van der Waals surface area contributed by atoms with Gasteiger partial charge < -0.3 is 0 Å². The van der Waals surface area contributed by atoms with Crippen molar-refractivity contribution in [1.82, 2.24) is 19.9 Å². The molecule has 0 aliphatic heterocycles. The summed E-state index contributed by atoms with van der Waals surface area (Å²) in [6.45, 7) is 0. The third-order valence-corrected chi connectivity index (χ3v) is 3.67. The molecule has 0 bridgehead atoms. The van der Waals surface area contributed by atoms with Gasteiger partial charge in [0.05, 0.1) is 5.39 Å². The monoisotopic (exact) mass is 300 g/mol. The van der Waals surface area contributed by atoms with Crippen molar-refractivity contribution in [1.29, 1.82) is 0 Å². The van der Waals surface area contributed by atoms with E-state index in [0.717, 1.165) is 11.1 Å². The summed E-state index contributed by atoms with van der Waals surface area (Å²) in [5, 5.41) is 0.399. The standard InChI is InChI=1S/C18H12N4O/c23-18-14-7-4-9-19-16(14)22-17-15(21-18)13(8-10-20-17)11-12-5-2-1-3-6-12/h1-10H,11H2. The highest BCUT2D eigenvalue weighted by Gasteiger charge is 2.08. The molecule has 1 aromatic carbocycles. The van der Waals surface area contributed by atoms with Gasteiger partial charge in [-0.05, 0) is 35.7 Å². The molecule has 5 heteroatoms. The van der Waals surface area contributed by atoms with Gasteiger partial charge in [-0.3, -0.25) is 4.79 Å². The second-order valence-electron chi connectivity index (χ2n) is 5.21. The summed E-state index contributed by atoms with van der Waals surface area (Å²) in [6, 6.07) is 15.3. The van der Waals surface area contributed by atoms with E-state index in [0.29, 0.717) is 28.6 Å². The molecule has 0 aliphatic carbocycles. The second-order valence-corrected chi connectivity index (χ2v) is 5.21. The number of nitrogens with zero attached hydrogens (tertiary/aromatic N) is 4. The largest absolute Gasteiger partial charge is 0.281 e. The molecule has 3 aromatic heterocycles. The Morgan fingerprint density at radius 1 is 0.783 bits per heavy atom. The Hall–Kier alpha value is -3.21. The van der Waals surface area contributed by atoms with E-state index in [4.69, 9.17) is 0 Å². The fraction of sp³-hybridized carbons (Fsp3) is 0.0556. The third-order valence-electron chi connectivity index (χ3n) is 3.67. The number of aromatic nitrogens is 4. The topological polar surface area (TPSA) is 68.6 Å². The van der Waals surface area contributed by atoms with Gasteiger partial charge >= 0.3 is 0 Å². The molecule has 23 heavy (non-hydrogen) atoms. The number of fused-ring (bicyclic) bond motifs is 2. The minimum absolute atomic E-state index is 0.335. The highest BCUT2D eigenvalue weighted by atomic mass is 16.1. The van der Waals surface area contributed by atoms with Gasteiger partial charge in [-0.25, -0.2) is 19.9 Å². The molecular weight excluding hydrogens is 288 g/mol. The fourth-order valence-corrected chi connectivity index (χ4v) is 2.56. The molecule has 5 nitrogen and oxygen atoms in total. The molecule has 0 fully saturated rings. The number of rotatable bonds is 2. The van der Waals surface area contributed by atoms with Crippen LogP contribution in [0.5, 0.6) is 0 Å². The van der Waals surface area contributed by atoms with Gasteiger partial charge in [-0.15, -0.1) is 0 Å². The molecule has 0 radical (unpaired) electrons. The van der Waals surface area contributed by atoms with Crippen molar-refractivity contribution in [3.05, 3.63) is 82.4 Å². The molecular formula is C18H12N4O. The van der Waals surface area contributed by atoms with Crippen molar-refractivity contribution in [2.24, 2.45) is 0 Å². The molecule has 0 saturated carbocycles. The number of pyridine rings is 2. The maximum Gasteiger partial charge on any atom is 0.281 e. The SMILES string of the molecule is O=c1nc2c(Cc3ccccc3)ccnc2nc2ncccc12. The van der Waals surface area contributed by atoms with Crippen molar-refractivity contribution in [3.63, 3.8) is 0 Å². The average molecular weight is 300 g/mol. The van der Waals surface area contributed by atoms with Gasteiger partial charge in [0.25, 0.3) is 5.56 Å². The molecule has 4 rings (SSSR count).